The number of piperidine rings is 1. The lowest BCUT2D eigenvalue weighted by Crippen LogP contribution is -2.42. The van der Waals surface area contributed by atoms with Gasteiger partial charge in [0, 0.05) is 69.0 Å². The first-order chi connectivity index (χ1) is 18.9. The Kier molecular flexibility index (Phi) is 4.39. The van der Waals surface area contributed by atoms with Crippen LogP contribution in [0.15, 0.2) is 55.0 Å². The van der Waals surface area contributed by atoms with Crippen LogP contribution < -0.4 is 4.90 Å². The standard InChI is InChI=1S/C26H29N7O/c1-31(2)23-7-10-33(11-8-23)26-14-19(6-9-27-26)25(34)15-22-13-21-12-18(4-5-20(21)16-28-22)24-17-32(3)30-29-24/h4-6,9,12-14,16-17,23H,7-8,10-11,15H2,1-3H3/i1D3,2D3. The van der Waals surface area contributed by atoms with Crippen LogP contribution >= 0.6 is 0 Å². The zero-order valence-electron chi connectivity index (χ0n) is 24.8. The molecule has 4 heterocycles. The van der Waals surface area contributed by atoms with Gasteiger partial charge in [-0.05, 0) is 56.4 Å². The quantitative estimate of drug-likeness (QED) is 0.407. The van der Waals surface area contributed by atoms with Crippen LogP contribution in [0.5, 0.6) is 0 Å². The molecule has 34 heavy (non-hydrogen) atoms. The fourth-order valence-electron chi connectivity index (χ4n) is 4.31. The highest BCUT2D eigenvalue weighted by molar-refractivity contribution is 5.98. The predicted octanol–water partition coefficient (Wildman–Crippen LogP) is 3.38. The van der Waals surface area contributed by atoms with Crippen molar-refractivity contribution < 1.29 is 13.0 Å². The first-order valence-corrected chi connectivity index (χ1v) is 11.2. The molecule has 1 aliphatic heterocycles. The molecule has 8 heteroatoms. The third-order valence-electron chi connectivity index (χ3n) is 6.24. The molecule has 8 nitrogen and oxygen atoms in total. The van der Waals surface area contributed by atoms with Crippen molar-refractivity contribution in [2.24, 2.45) is 7.05 Å². The highest BCUT2D eigenvalue weighted by Gasteiger charge is 2.22. The molecule has 0 saturated carbocycles. The summed E-state index contributed by atoms with van der Waals surface area (Å²) in [5.74, 6) is 0.491. The van der Waals surface area contributed by atoms with Crippen molar-refractivity contribution >= 4 is 22.4 Å². The summed E-state index contributed by atoms with van der Waals surface area (Å²) in [7, 11) is 1.81. The number of hydrogen-bond acceptors (Lipinski definition) is 7. The van der Waals surface area contributed by atoms with Crippen molar-refractivity contribution in [2.75, 3.05) is 31.9 Å². The lowest BCUT2D eigenvalue weighted by molar-refractivity contribution is 0.0992. The van der Waals surface area contributed by atoms with Crippen molar-refractivity contribution in [1.82, 2.24) is 29.9 Å². The fourth-order valence-corrected chi connectivity index (χ4v) is 4.31. The zero-order chi connectivity index (χ0) is 28.7. The number of anilines is 1. The number of hydrogen-bond donors (Lipinski definition) is 0. The first-order valence-electron chi connectivity index (χ1n) is 14.2. The Labute approximate surface area is 207 Å². The van der Waals surface area contributed by atoms with E-state index in [1.54, 1.807) is 29.2 Å². The smallest absolute Gasteiger partial charge is 0.169 e. The van der Waals surface area contributed by atoms with Crippen LogP contribution in [-0.2, 0) is 13.5 Å². The van der Waals surface area contributed by atoms with E-state index in [-0.39, 0.29) is 12.2 Å². The van der Waals surface area contributed by atoms with Gasteiger partial charge in [0.15, 0.2) is 5.78 Å². The topological polar surface area (TPSA) is 80.0 Å². The second-order valence-corrected chi connectivity index (χ2v) is 8.61. The number of Topliss-reactive ketones (excluding diaryl/α,β-unsaturated/α-hetero) is 1. The maximum atomic E-state index is 13.2. The van der Waals surface area contributed by atoms with E-state index in [1.165, 1.54) is 0 Å². The van der Waals surface area contributed by atoms with Crippen molar-refractivity contribution in [1.29, 1.82) is 0 Å². The molecular formula is C26H29N7O. The molecule has 0 bridgehead atoms. The van der Waals surface area contributed by atoms with Gasteiger partial charge in [-0.1, -0.05) is 17.3 Å². The van der Waals surface area contributed by atoms with Crippen molar-refractivity contribution in [3.05, 3.63) is 66.2 Å². The Morgan fingerprint density at radius 2 is 1.97 bits per heavy atom. The Morgan fingerprint density at radius 1 is 1.12 bits per heavy atom. The molecule has 1 aliphatic rings. The summed E-state index contributed by atoms with van der Waals surface area (Å²) >= 11 is 0. The fraction of sp³-hybridized carbons (Fsp3) is 0.346. The van der Waals surface area contributed by atoms with Gasteiger partial charge in [0.1, 0.15) is 11.5 Å². The van der Waals surface area contributed by atoms with E-state index in [1.807, 2.05) is 42.4 Å². The van der Waals surface area contributed by atoms with Gasteiger partial charge < -0.3 is 9.80 Å². The minimum atomic E-state index is -2.71. The number of rotatable bonds is 6. The van der Waals surface area contributed by atoms with E-state index >= 15 is 0 Å². The number of aryl methyl sites for hydroxylation is 1. The van der Waals surface area contributed by atoms with E-state index < -0.39 is 20.0 Å². The molecule has 0 N–H and O–H groups in total. The van der Waals surface area contributed by atoms with E-state index in [4.69, 9.17) is 8.22 Å². The van der Waals surface area contributed by atoms with Crippen LogP contribution in [0.2, 0.25) is 0 Å². The normalized spacial score (nSPS) is 18.1. The number of nitrogens with zero attached hydrogens (tertiary/aromatic N) is 7. The molecule has 1 saturated heterocycles. The van der Waals surface area contributed by atoms with Gasteiger partial charge in [-0.25, -0.2) is 4.98 Å². The van der Waals surface area contributed by atoms with Crippen LogP contribution in [-0.4, -0.2) is 68.7 Å². The monoisotopic (exact) mass is 461 g/mol. The number of carbonyl (C=O) groups excluding carboxylic acids is 1. The number of ketones is 1. The summed E-state index contributed by atoms with van der Waals surface area (Å²) in [5, 5.41) is 10.1. The lowest BCUT2D eigenvalue weighted by Gasteiger charge is -2.35. The summed E-state index contributed by atoms with van der Waals surface area (Å²) in [4.78, 5) is 24.7. The number of aromatic nitrogens is 5. The summed E-state index contributed by atoms with van der Waals surface area (Å²) in [6.45, 7) is -4.57. The van der Waals surface area contributed by atoms with E-state index in [0.717, 1.165) is 22.0 Å². The first kappa shape index (κ1) is 16.1. The van der Waals surface area contributed by atoms with Crippen molar-refractivity contribution in [3.63, 3.8) is 0 Å². The number of fused-ring (bicyclic) bond motifs is 1. The van der Waals surface area contributed by atoms with Gasteiger partial charge in [-0.2, -0.15) is 0 Å². The van der Waals surface area contributed by atoms with Crippen LogP contribution in [0.3, 0.4) is 0 Å². The van der Waals surface area contributed by atoms with Gasteiger partial charge in [0.25, 0.3) is 0 Å². The third-order valence-corrected chi connectivity index (χ3v) is 6.24. The summed E-state index contributed by atoms with van der Waals surface area (Å²) < 4.78 is 47.7. The molecule has 1 fully saturated rings. The second kappa shape index (κ2) is 9.30. The maximum Gasteiger partial charge on any atom is 0.169 e. The van der Waals surface area contributed by atoms with Gasteiger partial charge in [-0.3, -0.25) is 14.5 Å². The zero-order valence-corrected chi connectivity index (χ0v) is 18.8. The molecule has 1 aromatic carbocycles. The Morgan fingerprint density at radius 3 is 2.74 bits per heavy atom. The number of benzene rings is 1. The van der Waals surface area contributed by atoms with Crippen molar-refractivity contribution in [2.45, 2.75) is 25.3 Å². The molecule has 0 atom stereocenters. The maximum absolute atomic E-state index is 13.2. The third kappa shape index (κ3) is 4.68. The minimum absolute atomic E-state index is 0.105. The van der Waals surface area contributed by atoms with Crippen LogP contribution in [0, 0.1) is 0 Å². The Balaban J connectivity index is 1.28. The van der Waals surface area contributed by atoms with Gasteiger partial charge in [0.05, 0.1) is 12.6 Å². The molecule has 3 aromatic heterocycles. The average Bonchev–Trinajstić information content (AvgIpc) is 3.33. The highest BCUT2D eigenvalue weighted by Crippen LogP contribution is 2.24. The molecule has 0 spiro atoms. The van der Waals surface area contributed by atoms with Gasteiger partial charge >= 0.3 is 0 Å². The Bertz CT molecular complexity index is 1510. The van der Waals surface area contributed by atoms with Gasteiger partial charge in [0.2, 0.25) is 0 Å². The van der Waals surface area contributed by atoms with Gasteiger partial charge in [-0.15, -0.1) is 5.10 Å². The average molecular weight is 462 g/mol. The molecule has 174 valence electrons. The second-order valence-electron chi connectivity index (χ2n) is 8.61. The molecule has 0 radical (unpaired) electrons. The molecule has 0 aliphatic carbocycles. The summed E-state index contributed by atoms with van der Waals surface area (Å²) in [6, 6.07) is 10.6. The molecular weight excluding hydrogens is 426 g/mol. The Hall–Kier alpha value is -3.65. The number of carbonyl (C=O) groups is 1. The molecule has 4 aromatic rings. The number of pyridine rings is 2. The van der Waals surface area contributed by atoms with E-state index in [0.29, 0.717) is 47.9 Å². The van der Waals surface area contributed by atoms with E-state index in [2.05, 4.69) is 20.3 Å². The SMILES string of the molecule is [2H]C([2H])([2H])N(C1CCN(c2cc(C(=O)Cc3cc4cc(-c5cn(C)nn5)ccc4cn3)ccn2)CC1)C([2H])([2H])[2H]. The molecule has 5 rings (SSSR count). The molecule has 0 amide bonds. The van der Waals surface area contributed by atoms with Crippen LogP contribution in [0.25, 0.3) is 22.0 Å². The molecule has 0 unspecified atom stereocenters. The van der Waals surface area contributed by atoms with E-state index in [9.17, 15) is 4.79 Å². The highest BCUT2D eigenvalue weighted by atomic mass is 16.1. The largest absolute Gasteiger partial charge is 0.356 e. The predicted molar refractivity (Wildman–Crippen MR) is 133 cm³/mol. The van der Waals surface area contributed by atoms with Crippen LogP contribution in [0.4, 0.5) is 5.82 Å². The minimum Gasteiger partial charge on any atom is -0.356 e. The summed E-state index contributed by atoms with van der Waals surface area (Å²) in [6.07, 6.45) is 5.99. The van der Waals surface area contributed by atoms with Crippen molar-refractivity contribution in [3.8, 4) is 11.3 Å². The van der Waals surface area contributed by atoms with Crippen LogP contribution in [0.1, 0.15) is 37.1 Å². The summed E-state index contributed by atoms with van der Waals surface area (Å²) in [5.41, 5.74) is 2.82. The lowest BCUT2D eigenvalue weighted by atomic mass is 10.0.